The van der Waals surface area contributed by atoms with Crippen molar-refractivity contribution in [3.05, 3.63) is 102 Å². The van der Waals surface area contributed by atoms with Gasteiger partial charge < -0.3 is 14.6 Å². The molecule has 2 aliphatic rings. The Hall–Kier alpha value is -3.32. The minimum atomic E-state index is -1.92. The molecule has 2 aliphatic heterocycles. The van der Waals surface area contributed by atoms with Crippen LogP contribution in [0.3, 0.4) is 0 Å². The fourth-order valence-corrected chi connectivity index (χ4v) is 5.24. The normalized spacial score (nSPS) is 28.2. The van der Waals surface area contributed by atoms with Crippen LogP contribution in [0.4, 0.5) is 5.69 Å². The summed E-state index contributed by atoms with van der Waals surface area (Å²) in [6.45, 7) is 4.13. The van der Waals surface area contributed by atoms with Crippen LogP contribution in [-0.4, -0.2) is 35.3 Å². The zero-order valence-corrected chi connectivity index (χ0v) is 19.2. The molecule has 3 aromatic carbocycles. The maximum absolute atomic E-state index is 14.3. The molecule has 2 fully saturated rings. The molecule has 6 nitrogen and oxygen atoms in total. The number of nitrogens with zero attached hydrogens (tertiary/aromatic N) is 1. The highest BCUT2D eigenvalue weighted by Crippen LogP contribution is 2.57. The molecule has 34 heavy (non-hydrogen) atoms. The lowest BCUT2D eigenvalue weighted by Gasteiger charge is -2.37. The van der Waals surface area contributed by atoms with Crippen molar-refractivity contribution >= 4 is 17.4 Å². The third kappa shape index (κ3) is 3.21. The molecule has 5 rings (SSSR count). The molecule has 0 unspecified atom stereocenters. The molecular formula is C28H27NO5. The smallest absolute Gasteiger partial charge is 0.270 e. The number of benzene rings is 3. The van der Waals surface area contributed by atoms with E-state index < -0.39 is 35.2 Å². The summed E-state index contributed by atoms with van der Waals surface area (Å²) < 4.78 is 11.9. The van der Waals surface area contributed by atoms with Crippen LogP contribution in [0.2, 0.25) is 0 Å². The molecule has 1 N–H and O–H groups in total. The molecule has 0 spiro atoms. The average Bonchev–Trinajstić information content (AvgIpc) is 3.34. The van der Waals surface area contributed by atoms with Crippen LogP contribution in [0.5, 0.6) is 0 Å². The van der Waals surface area contributed by atoms with E-state index in [1.165, 1.54) is 4.90 Å². The zero-order chi connectivity index (χ0) is 23.9. The van der Waals surface area contributed by atoms with Gasteiger partial charge in [0.1, 0.15) is 0 Å². The van der Waals surface area contributed by atoms with Crippen LogP contribution in [0.15, 0.2) is 84.9 Å². The lowest BCUT2D eigenvalue weighted by molar-refractivity contribution is -0.165. The number of aliphatic hydroxyl groups is 1. The van der Waals surface area contributed by atoms with Gasteiger partial charge in [-0.2, -0.15) is 0 Å². The molecule has 0 aliphatic carbocycles. The summed E-state index contributed by atoms with van der Waals surface area (Å²) in [7, 11) is 0. The number of hydrogen-bond donors (Lipinski definition) is 1. The number of anilines is 1. The molecule has 0 radical (unpaired) electrons. The van der Waals surface area contributed by atoms with Crippen LogP contribution in [0.1, 0.15) is 34.8 Å². The number of carbonyl (C=O) groups is 2. The van der Waals surface area contributed by atoms with Gasteiger partial charge in [0.05, 0.1) is 5.92 Å². The van der Waals surface area contributed by atoms with E-state index in [0.717, 1.165) is 5.56 Å². The second kappa shape index (κ2) is 8.47. The van der Waals surface area contributed by atoms with E-state index in [1.54, 1.807) is 66.7 Å². The van der Waals surface area contributed by atoms with Crippen molar-refractivity contribution in [2.45, 2.75) is 37.9 Å². The second-order valence-corrected chi connectivity index (χ2v) is 8.79. The average molecular weight is 458 g/mol. The first kappa shape index (κ1) is 22.5. The molecular weight excluding hydrogens is 430 g/mol. The van der Waals surface area contributed by atoms with Crippen molar-refractivity contribution in [2.24, 2.45) is 5.92 Å². The number of rotatable bonds is 6. The van der Waals surface area contributed by atoms with Gasteiger partial charge in [-0.05, 0) is 26.0 Å². The Morgan fingerprint density at radius 2 is 1.65 bits per heavy atom. The molecule has 174 valence electrons. The van der Waals surface area contributed by atoms with E-state index in [1.807, 2.05) is 32.0 Å². The summed E-state index contributed by atoms with van der Waals surface area (Å²) in [5, 5.41) is 12.5. The fourth-order valence-electron chi connectivity index (χ4n) is 5.24. The van der Waals surface area contributed by atoms with Crippen molar-refractivity contribution in [3.8, 4) is 0 Å². The van der Waals surface area contributed by atoms with Crippen molar-refractivity contribution < 1.29 is 24.2 Å². The Balaban J connectivity index is 1.74. The Morgan fingerprint density at radius 3 is 2.26 bits per heavy atom. The van der Waals surface area contributed by atoms with Gasteiger partial charge in [-0.15, -0.1) is 0 Å². The number of ether oxygens (including phenoxy) is 2. The summed E-state index contributed by atoms with van der Waals surface area (Å²) in [5.41, 5.74) is -1.37. The fraction of sp³-hybridized carbons (Fsp3) is 0.286. The lowest BCUT2D eigenvalue weighted by atomic mass is 9.76. The minimum absolute atomic E-state index is 0.186. The third-order valence-electron chi connectivity index (χ3n) is 6.80. The van der Waals surface area contributed by atoms with E-state index in [-0.39, 0.29) is 6.42 Å². The van der Waals surface area contributed by atoms with Crippen LogP contribution in [-0.2, 0) is 20.0 Å². The monoisotopic (exact) mass is 457 g/mol. The van der Waals surface area contributed by atoms with Crippen molar-refractivity contribution in [2.75, 3.05) is 11.5 Å². The van der Waals surface area contributed by atoms with Crippen molar-refractivity contribution in [1.29, 1.82) is 0 Å². The van der Waals surface area contributed by atoms with Gasteiger partial charge in [-0.1, -0.05) is 78.4 Å². The van der Waals surface area contributed by atoms with E-state index in [9.17, 15) is 14.7 Å². The van der Waals surface area contributed by atoms with E-state index >= 15 is 0 Å². The molecule has 2 saturated heterocycles. The number of aryl methyl sites for hydroxylation is 1. The maximum Gasteiger partial charge on any atom is 0.270 e. The molecule has 1 amide bonds. The van der Waals surface area contributed by atoms with E-state index in [4.69, 9.17) is 9.47 Å². The standard InChI is InChI=1S/C28H27NO5/c1-3-33-24-18-23-27(34-24,25(30)20-10-6-4-7-11-20)26(31)29(22-16-14-19(2)15-17-22)28(23,32)21-12-8-5-9-13-21/h4-17,23-24,32H,3,18H2,1-2H3/t23-,24+,27+,28-/m0/s1. The van der Waals surface area contributed by atoms with Gasteiger partial charge in [0.25, 0.3) is 5.91 Å². The largest absolute Gasteiger partial charge is 0.366 e. The first-order valence-corrected chi connectivity index (χ1v) is 11.5. The third-order valence-corrected chi connectivity index (χ3v) is 6.80. The molecule has 3 aromatic rings. The Bertz CT molecular complexity index is 1200. The van der Waals surface area contributed by atoms with Gasteiger partial charge in [0, 0.05) is 29.8 Å². The van der Waals surface area contributed by atoms with Gasteiger partial charge >= 0.3 is 0 Å². The van der Waals surface area contributed by atoms with Crippen LogP contribution in [0, 0.1) is 12.8 Å². The van der Waals surface area contributed by atoms with Crippen LogP contribution < -0.4 is 4.90 Å². The summed E-state index contributed by atoms with van der Waals surface area (Å²) in [5.74, 6) is -1.96. The predicted molar refractivity (Wildman–Crippen MR) is 127 cm³/mol. The van der Waals surface area contributed by atoms with Crippen LogP contribution in [0.25, 0.3) is 0 Å². The summed E-state index contributed by atoms with van der Waals surface area (Å²) in [4.78, 5) is 29.7. The molecule has 4 atom stereocenters. The van der Waals surface area contributed by atoms with Gasteiger partial charge in [0.2, 0.25) is 11.4 Å². The Labute approximate surface area is 198 Å². The SMILES string of the molecule is CCO[C@H]1C[C@H]2[C@](C(=O)c3ccccc3)(O1)C(=O)N(c1ccc(C)cc1)[C@]2(O)c1ccccc1. The first-order chi connectivity index (χ1) is 16.4. The van der Waals surface area contributed by atoms with Crippen molar-refractivity contribution in [3.63, 3.8) is 0 Å². The van der Waals surface area contributed by atoms with Gasteiger partial charge in [0.15, 0.2) is 12.0 Å². The Kier molecular flexibility index (Phi) is 5.60. The summed E-state index contributed by atoms with van der Waals surface area (Å²) >= 11 is 0. The summed E-state index contributed by atoms with van der Waals surface area (Å²) in [6, 6.07) is 24.9. The maximum atomic E-state index is 14.3. The van der Waals surface area contributed by atoms with E-state index in [0.29, 0.717) is 23.4 Å². The highest BCUT2D eigenvalue weighted by molar-refractivity contribution is 6.24. The molecule has 0 aromatic heterocycles. The topological polar surface area (TPSA) is 76.1 Å². The number of fused-ring (bicyclic) bond motifs is 1. The highest BCUT2D eigenvalue weighted by Gasteiger charge is 2.75. The first-order valence-electron chi connectivity index (χ1n) is 11.5. The van der Waals surface area contributed by atoms with Gasteiger partial charge in [-0.25, -0.2) is 0 Å². The molecule has 2 heterocycles. The quantitative estimate of drug-likeness (QED) is 0.443. The predicted octanol–water partition coefficient (Wildman–Crippen LogP) is 4.21. The number of carbonyl (C=O) groups excluding carboxylic acids is 2. The Morgan fingerprint density at radius 1 is 1.03 bits per heavy atom. The minimum Gasteiger partial charge on any atom is -0.366 e. The van der Waals surface area contributed by atoms with Gasteiger partial charge in [-0.3, -0.25) is 14.5 Å². The highest BCUT2D eigenvalue weighted by atomic mass is 16.7. The summed E-state index contributed by atoms with van der Waals surface area (Å²) in [6.07, 6.45) is -0.603. The molecule has 6 heteroatoms. The molecule has 0 bridgehead atoms. The number of ketones is 1. The van der Waals surface area contributed by atoms with E-state index in [2.05, 4.69) is 0 Å². The second-order valence-electron chi connectivity index (χ2n) is 8.79. The number of amides is 1. The molecule has 0 saturated carbocycles. The number of hydrogen-bond acceptors (Lipinski definition) is 5. The number of Topliss-reactive ketones (excluding diaryl/α,β-unsaturated/α-hetero) is 1. The lowest BCUT2D eigenvalue weighted by Crippen LogP contribution is -2.50. The van der Waals surface area contributed by atoms with Crippen molar-refractivity contribution in [1.82, 2.24) is 0 Å². The zero-order valence-electron chi connectivity index (χ0n) is 19.2. The van der Waals surface area contributed by atoms with Crippen LogP contribution >= 0.6 is 0 Å².